The van der Waals surface area contributed by atoms with Gasteiger partial charge in [-0.1, -0.05) is 97.1 Å². The molecule has 12 rings (SSSR count). The maximum Gasteiger partial charge on any atom is 0.238 e. The van der Waals surface area contributed by atoms with E-state index in [4.69, 9.17) is 29.9 Å². The third-order valence-corrected chi connectivity index (χ3v) is 10.8. The normalized spacial score (nSPS) is 11.9. The summed E-state index contributed by atoms with van der Waals surface area (Å²) in [5, 5.41) is 2.16. The smallest absolute Gasteiger partial charge is 0.238 e. The summed E-state index contributed by atoms with van der Waals surface area (Å²) in [7, 11) is 0. The zero-order valence-electron chi connectivity index (χ0n) is 30.3. The lowest BCUT2D eigenvalue weighted by Gasteiger charge is -2.12. The summed E-state index contributed by atoms with van der Waals surface area (Å²) in [5.74, 6) is 1.78. The molecule has 57 heavy (non-hydrogen) atoms. The van der Waals surface area contributed by atoms with Crippen molar-refractivity contribution in [3.8, 4) is 40.1 Å². The van der Waals surface area contributed by atoms with Crippen LogP contribution < -0.4 is 0 Å². The third kappa shape index (κ3) is 4.76. The zero-order chi connectivity index (χ0) is 37.5. The highest BCUT2D eigenvalue weighted by molar-refractivity contribution is 6.14. The Labute approximate surface area is 324 Å². The fraction of sp³-hybridized carbons (Fsp3) is 0. The average molecular weight is 732 g/mol. The fourth-order valence-electron chi connectivity index (χ4n) is 8.31. The first-order valence-electron chi connectivity index (χ1n) is 18.8. The number of fused-ring (bicyclic) bond motifs is 9. The van der Waals surface area contributed by atoms with Gasteiger partial charge in [0.05, 0.1) is 33.1 Å². The Balaban J connectivity index is 1.12. The lowest BCUT2D eigenvalue weighted by atomic mass is 10.1. The van der Waals surface area contributed by atoms with Gasteiger partial charge < -0.3 is 9.13 Å². The van der Waals surface area contributed by atoms with E-state index in [1.165, 1.54) is 0 Å². The topological polar surface area (TPSA) is 92.1 Å². The van der Waals surface area contributed by atoms with Gasteiger partial charge >= 0.3 is 0 Å². The Morgan fingerprint density at radius 1 is 0.316 bits per heavy atom. The van der Waals surface area contributed by atoms with Gasteiger partial charge in [-0.15, -0.1) is 0 Å². The first-order valence-corrected chi connectivity index (χ1v) is 18.8. The molecule has 0 fully saturated rings. The van der Waals surface area contributed by atoms with Crippen LogP contribution >= 0.6 is 0 Å². The van der Waals surface area contributed by atoms with Crippen LogP contribution in [-0.4, -0.2) is 43.6 Å². The maximum atomic E-state index is 5.36. The van der Waals surface area contributed by atoms with Crippen molar-refractivity contribution in [2.45, 2.75) is 0 Å². The van der Waals surface area contributed by atoms with E-state index in [0.717, 1.165) is 88.4 Å². The second-order valence-corrected chi connectivity index (χ2v) is 14.0. The Hall–Kier alpha value is -8.04. The number of hydrogen-bond donors (Lipinski definition) is 0. The molecule has 9 heteroatoms. The number of hydrogen-bond acceptors (Lipinski definition) is 6. The molecule has 0 saturated carbocycles. The van der Waals surface area contributed by atoms with Crippen LogP contribution in [0.4, 0.5) is 0 Å². The number of pyridine rings is 3. The van der Waals surface area contributed by atoms with Gasteiger partial charge in [-0.2, -0.15) is 9.97 Å². The van der Waals surface area contributed by atoms with E-state index in [9.17, 15) is 0 Å². The van der Waals surface area contributed by atoms with Crippen molar-refractivity contribution >= 4 is 65.9 Å². The number of aromatic nitrogens is 9. The summed E-state index contributed by atoms with van der Waals surface area (Å²) in [6.45, 7) is 0. The van der Waals surface area contributed by atoms with E-state index in [-0.39, 0.29) is 0 Å². The molecule has 0 radical (unpaired) electrons. The standard InChI is InChI=1S/C48H29N9/c1-4-14-30(15-5-1)46-52-47(31-16-6-2-7-17-31)54-48(53-46)57-36-21-11-10-20-34(36)35-28-33(24-25-37(35)57)56-39-23-13-27-50-43(39)45-41(56)29-40-44(51-45)42-38(22-12-26-49-42)55(40)32-18-8-3-9-19-32/h1-29H. The van der Waals surface area contributed by atoms with Gasteiger partial charge in [0, 0.05) is 45.7 Å². The van der Waals surface area contributed by atoms with E-state index >= 15 is 0 Å². The first kappa shape index (κ1) is 31.3. The van der Waals surface area contributed by atoms with Crippen molar-refractivity contribution in [1.29, 1.82) is 0 Å². The van der Waals surface area contributed by atoms with Crippen LogP contribution in [-0.2, 0) is 0 Å². The lowest BCUT2D eigenvalue weighted by molar-refractivity contribution is 0.953. The molecule has 266 valence electrons. The Morgan fingerprint density at radius 3 is 1.47 bits per heavy atom. The van der Waals surface area contributed by atoms with Crippen LogP contribution in [0.2, 0.25) is 0 Å². The van der Waals surface area contributed by atoms with Gasteiger partial charge in [-0.05, 0) is 66.7 Å². The van der Waals surface area contributed by atoms with Crippen molar-refractivity contribution in [2.75, 3.05) is 0 Å². The minimum atomic E-state index is 0.552. The van der Waals surface area contributed by atoms with Crippen LogP contribution in [0.5, 0.6) is 0 Å². The number of rotatable bonds is 5. The highest BCUT2D eigenvalue weighted by Gasteiger charge is 2.23. The molecule has 5 aromatic carbocycles. The summed E-state index contributed by atoms with van der Waals surface area (Å²) in [5.41, 5.74) is 13.1. The largest absolute Gasteiger partial charge is 0.306 e. The van der Waals surface area contributed by atoms with E-state index in [1.807, 2.05) is 91.3 Å². The predicted molar refractivity (Wildman–Crippen MR) is 227 cm³/mol. The highest BCUT2D eigenvalue weighted by Crippen LogP contribution is 2.39. The van der Waals surface area contributed by atoms with Gasteiger partial charge in [0.2, 0.25) is 5.95 Å². The zero-order valence-corrected chi connectivity index (χ0v) is 30.3. The molecular weight excluding hydrogens is 703 g/mol. The van der Waals surface area contributed by atoms with Gasteiger partial charge in [0.25, 0.3) is 0 Å². The van der Waals surface area contributed by atoms with E-state index in [1.54, 1.807) is 0 Å². The molecule has 9 nitrogen and oxygen atoms in total. The molecule has 0 aliphatic carbocycles. The summed E-state index contributed by atoms with van der Waals surface area (Å²) < 4.78 is 6.68. The minimum Gasteiger partial charge on any atom is -0.306 e. The van der Waals surface area contributed by atoms with E-state index in [2.05, 4.69) is 98.6 Å². The predicted octanol–water partition coefficient (Wildman–Crippen LogP) is 10.7. The number of para-hydroxylation sites is 2. The SMILES string of the molecule is c1ccc(-c2nc(-c3ccccc3)nc(-n3c4ccccc4c4cc(-n5c6cccnc6c6nc7c8ncccc8n(-c8ccccc8)c7cc65)ccc43)n2)cc1. The Morgan fingerprint density at radius 2 is 0.842 bits per heavy atom. The first-order chi connectivity index (χ1) is 28.3. The van der Waals surface area contributed by atoms with Crippen molar-refractivity contribution in [3.63, 3.8) is 0 Å². The van der Waals surface area contributed by atoms with Gasteiger partial charge in [0.1, 0.15) is 22.1 Å². The molecule has 0 N–H and O–H groups in total. The van der Waals surface area contributed by atoms with Crippen molar-refractivity contribution in [3.05, 3.63) is 176 Å². The average Bonchev–Trinajstić information content (AvgIpc) is 3.91. The monoisotopic (exact) mass is 731 g/mol. The molecule has 7 aromatic heterocycles. The van der Waals surface area contributed by atoms with Gasteiger partial charge in [-0.3, -0.25) is 14.5 Å². The van der Waals surface area contributed by atoms with Crippen molar-refractivity contribution < 1.29 is 0 Å². The third-order valence-electron chi connectivity index (χ3n) is 10.8. The molecule has 0 aliphatic heterocycles. The Kier molecular flexibility index (Phi) is 6.73. The molecule has 0 atom stereocenters. The Bertz CT molecular complexity index is 3460. The number of nitrogens with zero attached hydrogens (tertiary/aromatic N) is 9. The molecule has 0 spiro atoms. The van der Waals surface area contributed by atoms with Crippen LogP contribution in [0.1, 0.15) is 0 Å². The quantitative estimate of drug-likeness (QED) is 0.175. The molecule has 0 bridgehead atoms. The molecule has 0 saturated heterocycles. The molecule has 0 amide bonds. The van der Waals surface area contributed by atoms with Crippen molar-refractivity contribution in [1.82, 2.24) is 43.6 Å². The number of benzene rings is 5. The molecule has 0 unspecified atom stereocenters. The lowest BCUT2D eigenvalue weighted by Crippen LogP contribution is -2.06. The van der Waals surface area contributed by atoms with Crippen LogP contribution in [0.25, 0.3) is 106 Å². The second kappa shape index (κ2) is 12.2. The van der Waals surface area contributed by atoms with Crippen LogP contribution in [0, 0.1) is 0 Å². The van der Waals surface area contributed by atoms with E-state index < -0.39 is 0 Å². The van der Waals surface area contributed by atoms with Crippen LogP contribution in [0.3, 0.4) is 0 Å². The van der Waals surface area contributed by atoms with Gasteiger partial charge in [0.15, 0.2) is 11.6 Å². The van der Waals surface area contributed by atoms with Gasteiger partial charge in [-0.25, -0.2) is 9.97 Å². The van der Waals surface area contributed by atoms with Crippen molar-refractivity contribution in [2.24, 2.45) is 0 Å². The summed E-state index contributed by atoms with van der Waals surface area (Å²) in [6.07, 6.45) is 3.67. The molecule has 0 aliphatic rings. The fourth-order valence-corrected chi connectivity index (χ4v) is 8.31. The van der Waals surface area contributed by atoms with E-state index in [0.29, 0.717) is 17.6 Å². The van der Waals surface area contributed by atoms with Crippen LogP contribution in [0.15, 0.2) is 176 Å². The molecule has 7 heterocycles. The molecular formula is C48H29N9. The summed E-state index contributed by atoms with van der Waals surface area (Å²) in [6, 6.07) is 56.0. The maximum absolute atomic E-state index is 5.36. The minimum absolute atomic E-state index is 0.552. The summed E-state index contributed by atoms with van der Waals surface area (Å²) in [4.78, 5) is 30.3. The highest BCUT2D eigenvalue weighted by atomic mass is 15.2. The molecule has 12 aromatic rings. The summed E-state index contributed by atoms with van der Waals surface area (Å²) >= 11 is 0. The second-order valence-electron chi connectivity index (χ2n) is 14.0.